The number of hydrogen-bond donors (Lipinski definition) is 2. The molecule has 2 aromatic carbocycles. The molecule has 1 amide bonds. The molecule has 0 aliphatic rings. The Morgan fingerprint density at radius 3 is 2.69 bits per heavy atom. The maximum absolute atomic E-state index is 12.2. The molecule has 26 heavy (non-hydrogen) atoms. The normalized spacial score (nSPS) is 11.9. The van der Waals surface area contributed by atoms with E-state index in [-0.39, 0.29) is 17.7 Å². The molecule has 0 bridgehead atoms. The number of nitrogen functional groups attached to an aromatic ring is 1. The van der Waals surface area contributed by atoms with Gasteiger partial charge in [0, 0.05) is 5.56 Å². The van der Waals surface area contributed by atoms with Crippen molar-refractivity contribution in [2.24, 2.45) is 0 Å². The van der Waals surface area contributed by atoms with Gasteiger partial charge in [0.05, 0.1) is 11.8 Å². The van der Waals surface area contributed by atoms with E-state index in [2.05, 4.69) is 15.5 Å². The van der Waals surface area contributed by atoms with Crippen molar-refractivity contribution in [2.75, 3.05) is 11.6 Å². The van der Waals surface area contributed by atoms with E-state index in [1.807, 2.05) is 68.4 Å². The van der Waals surface area contributed by atoms with E-state index in [1.165, 1.54) is 16.4 Å². The highest BCUT2D eigenvalue weighted by atomic mass is 32.2. The fraction of sp³-hybridized carbons (Fsp3) is 0.211. The fourth-order valence-corrected chi connectivity index (χ4v) is 3.26. The Labute approximate surface area is 156 Å². The predicted molar refractivity (Wildman–Crippen MR) is 104 cm³/mol. The molecule has 1 heterocycles. The van der Waals surface area contributed by atoms with Crippen LogP contribution in [0.5, 0.6) is 0 Å². The van der Waals surface area contributed by atoms with Gasteiger partial charge in [-0.2, -0.15) is 0 Å². The van der Waals surface area contributed by atoms with Gasteiger partial charge in [-0.05, 0) is 25.5 Å². The van der Waals surface area contributed by atoms with Crippen LogP contribution in [0.3, 0.4) is 0 Å². The van der Waals surface area contributed by atoms with E-state index in [1.54, 1.807) is 0 Å². The number of benzene rings is 2. The molecule has 7 heteroatoms. The summed E-state index contributed by atoms with van der Waals surface area (Å²) in [6, 6.07) is 17.7. The van der Waals surface area contributed by atoms with Crippen LogP contribution in [0.2, 0.25) is 0 Å². The molecular formula is C19H21N5OS. The zero-order valence-electron chi connectivity index (χ0n) is 14.7. The number of carbonyl (C=O) groups excluding carboxylic acids is 1. The summed E-state index contributed by atoms with van der Waals surface area (Å²) >= 11 is 1.26. The second-order valence-corrected chi connectivity index (χ2v) is 6.98. The van der Waals surface area contributed by atoms with Gasteiger partial charge in [0.25, 0.3) is 0 Å². The highest BCUT2D eigenvalue weighted by molar-refractivity contribution is 7.99. The van der Waals surface area contributed by atoms with Gasteiger partial charge in [-0.3, -0.25) is 4.79 Å². The van der Waals surface area contributed by atoms with Crippen LogP contribution in [0.1, 0.15) is 24.1 Å². The molecule has 3 N–H and O–H groups in total. The van der Waals surface area contributed by atoms with Gasteiger partial charge < -0.3 is 11.2 Å². The molecule has 6 nitrogen and oxygen atoms in total. The van der Waals surface area contributed by atoms with Crippen LogP contribution < -0.4 is 11.2 Å². The Balaban J connectivity index is 1.61. The number of thioether (sulfide) groups is 1. The van der Waals surface area contributed by atoms with Crippen LogP contribution in [0.15, 0.2) is 59.8 Å². The van der Waals surface area contributed by atoms with E-state index in [9.17, 15) is 4.79 Å². The topological polar surface area (TPSA) is 85.8 Å². The number of hydrogen-bond acceptors (Lipinski definition) is 5. The van der Waals surface area contributed by atoms with Gasteiger partial charge in [0.15, 0.2) is 5.82 Å². The SMILES string of the molecule is Cc1cccc(-c2nnc(SCC(=O)N[C@H](C)c3ccccc3)n2N)c1. The molecular weight excluding hydrogens is 346 g/mol. The average molecular weight is 367 g/mol. The van der Waals surface area contributed by atoms with Crippen molar-refractivity contribution in [3.8, 4) is 11.4 Å². The number of aryl methyl sites for hydroxylation is 1. The van der Waals surface area contributed by atoms with E-state index in [0.29, 0.717) is 11.0 Å². The lowest BCUT2D eigenvalue weighted by Crippen LogP contribution is -2.28. The third-order valence-corrected chi connectivity index (χ3v) is 4.89. The summed E-state index contributed by atoms with van der Waals surface area (Å²) in [7, 11) is 0. The number of nitrogens with zero attached hydrogens (tertiary/aromatic N) is 3. The predicted octanol–water partition coefficient (Wildman–Crippen LogP) is 2.94. The zero-order chi connectivity index (χ0) is 18.5. The van der Waals surface area contributed by atoms with E-state index >= 15 is 0 Å². The number of amides is 1. The minimum Gasteiger partial charge on any atom is -0.349 e. The molecule has 0 aliphatic carbocycles. The molecule has 0 saturated carbocycles. The van der Waals surface area contributed by atoms with Crippen molar-refractivity contribution in [2.45, 2.75) is 25.0 Å². The molecule has 3 aromatic rings. The summed E-state index contributed by atoms with van der Waals surface area (Å²) in [6.07, 6.45) is 0. The molecule has 0 aliphatic heterocycles. The summed E-state index contributed by atoms with van der Waals surface area (Å²) in [4.78, 5) is 12.2. The summed E-state index contributed by atoms with van der Waals surface area (Å²) in [5.74, 6) is 6.83. The first-order valence-electron chi connectivity index (χ1n) is 8.29. The first kappa shape index (κ1) is 18.0. The Morgan fingerprint density at radius 1 is 1.19 bits per heavy atom. The molecule has 134 valence electrons. The summed E-state index contributed by atoms with van der Waals surface area (Å²) in [6.45, 7) is 3.97. The molecule has 0 saturated heterocycles. The van der Waals surface area contributed by atoms with Crippen molar-refractivity contribution >= 4 is 17.7 Å². The second-order valence-electron chi connectivity index (χ2n) is 6.03. The Bertz CT molecular complexity index is 894. The monoisotopic (exact) mass is 367 g/mol. The van der Waals surface area contributed by atoms with Gasteiger partial charge >= 0.3 is 0 Å². The molecule has 3 rings (SSSR count). The molecule has 0 fully saturated rings. The lowest BCUT2D eigenvalue weighted by Gasteiger charge is -2.13. The number of rotatable bonds is 6. The van der Waals surface area contributed by atoms with Gasteiger partial charge in [0.2, 0.25) is 11.1 Å². The van der Waals surface area contributed by atoms with Crippen molar-refractivity contribution in [3.63, 3.8) is 0 Å². The van der Waals surface area contributed by atoms with Crippen LogP contribution in [0, 0.1) is 6.92 Å². The summed E-state index contributed by atoms with van der Waals surface area (Å²) in [5.41, 5.74) is 3.08. The number of nitrogens with one attached hydrogen (secondary N) is 1. The van der Waals surface area contributed by atoms with Crippen LogP contribution in [0.4, 0.5) is 0 Å². The highest BCUT2D eigenvalue weighted by Crippen LogP contribution is 2.22. The smallest absolute Gasteiger partial charge is 0.230 e. The van der Waals surface area contributed by atoms with Crippen LogP contribution in [-0.4, -0.2) is 26.5 Å². The number of carbonyl (C=O) groups is 1. The van der Waals surface area contributed by atoms with Gasteiger partial charge in [-0.15, -0.1) is 10.2 Å². The minimum absolute atomic E-state index is 0.0529. The first-order valence-corrected chi connectivity index (χ1v) is 9.28. The third kappa shape index (κ3) is 4.23. The summed E-state index contributed by atoms with van der Waals surface area (Å²) < 4.78 is 1.42. The van der Waals surface area contributed by atoms with Crippen molar-refractivity contribution in [1.82, 2.24) is 20.2 Å². The maximum atomic E-state index is 12.2. The second kappa shape index (κ2) is 8.05. The Hall–Kier alpha value is -2.80. The quantitative estimate of drug-likeness (QED) is 0.517. The van der Waals surface area contributed by atoms with Crippen LogP contribution in [0.25, 0.3) is 11.4 Å². The molecule has 0 spiro atoms. The van der Waals surface area contributed by atoms with E-state index < -0.39 is 0 Å². The van der Waals surface area contributed by atoms with Gasteiger partial charge in [-0.1, -0.05) is 65.9 Å². The standard InChI is InChI=1S/C19H21N5OS/c1-13-7-6-10-16(11-13)18-22-23-19(24(18)20)26-12-17(25)21-14(2)15-8-4-3-5-9-15/h3-11,14H,12,20H2,1-2H3,(H,21,25)/t14-/m1/s1. The maximum Gasteiger partial charge on any atom is 0.230 e. The lowest BCUT2D eigenvalue weighted by atomic mass is 10.1. The lowest BCUT2D eigenvalue weighted by molar-refractivity contribution is -0.119. The zero-order valence-corrected chi connectivity index (χ0v) is 15.5. The third-order valence-electron chi connectivity index (χ3n) is 3.95. The van der Waals surface area contributed by atoms with E-state index in [0.717, 1.165) is 16.7 Å². The fourth-order valence-electron chi connectivity index (χ4n) is 2.59. The average Bonchev–Trinajstić information content (AvgIpc) is 3.01. The highest BCUT2D eigenvalue weighted by Gasteiger charge is 2.15. The van der Waals surface area contributed by atoms with E-state index in [4.69, 9.17) is 5.84 Å². The van der Waals surface area contributed by atoms with Crippen LogP contribution in [-0.2, 0) is 4.79 Å². The molecule has 1 aromatic heterocycles. The molecule has 0 radical (unpaired) electrons. The minimum atomic E-state index is -0.0774. The van der Waals surface area contributed by atoms with Crippen molar-refractivity contribution in [3.05, 3.63) is 65.7 Å². The van der Waals surface area contributed by atoms with Crippen molar-refractivity contribution < 1.29 is 4.79 Å². The Kier molecular flexibility index (Phi) is 5.58. The number of nitrogens with two attached hydrogens (primary N) is 1. The van der Waals surface area contributed by atoms with Gasteiger partial charge in [-0.25, -0.2) is 4.68 Å². The Morgan fingerprint density at radius 2 is 1.96 bits per heavy atom. The van der Waals surface area contributed by atoms with Gasteiger partial charge in [0.1, 0.15) is 0 Å². The largest absolute Gasteiger partial charge is 0.349 e. The molecule has 1 atom stereocenters. The number of aromatic nitrogens is 3. The van der Waals surface area contributed by atoms with Crippen molar-refractivity contribution in [1.29, 1.82) is 0 Å². The van der Waals surface area contributed by atoms with Crippen LogP contribution >= 0.6 is 11.8 Å². The summed E-state index contributed by atoms with van der Waals surface area (Å²) in [5, 5.41) is 11.7. The molecule has 0 unspecified atom stereocenters. The first-order chi connectivity index (χ1) is 12.5.